The summed E-state index contributed by atoms with van der Waals surface area (Å²) in [5.41, 5.74) is 2.38. The third-order valence-corrected chi connectivity index (χ3v) is 4.53. The maximum absolute atomic E-state index is 11.3. The topological polar surface area (TPSA) is 99.4 Å². The number of amides is 1. The van der Waals surface area contributed by atoms with Crippen LogP contribution in [0, 0.1) is 5.92 Å². The quantitative estimate of drug-likeness (QED) is 0.750. The highest BCUT2D eigenvalue weighted by Gasteiger charge is 2.38. The molecule has 114 valence electrons. The fourth-order valence-corrected chi connectivity index (χ4v) is 3.37. The summed E-state index contributed by atoms with van der Waals surface area (Å²) in [7, 11) is 0. The number of nitrogens with zero attached hydrogens (tertiary/aromatic N) is 5. The summed E-state index contributed by atoms with van der Waals surface area (Å²) in [6, 6.07) is 1.94. The largest absolute Gasteiger partial charge is 0.465 e. The first-order valence-corrected chi connectivity index (χ1v) is 7.34. The molecule has 4 heterocycles. The molecule has 2 atom stereocenters. The van der Waals surface area contributed by atoms with Crippen LogP contribution in [0.2, 0.25) is 0 Å². The van der Waals surface area contributed by atoms with E-state index in [-0.39, 0.29) is 11.8 Å². The lowest BCUT2D eigenvalue weighted by molar-refractivity contribution is 0.153. The average Bonchev–Trinajstić information content (AvgIpc) is 3.22. The van der Waals surface area contributed by atoms with Crippen LogP contribution < -0.4 is 0 Å². The Hall–Kier alpha value is -2.64. The molecule has 0 bridgehead atoms. The van der Waals surface area contributed by atoms with Gasteiger partial charge < -0.3 is 15.0 Å². The fourth-order valence-electron chi connectivity index (χ4n) is 3.37. The molecule has 1 aliphatic rings. The summed E-state index contributed by atoms with van der Waals surface area (Å²) in [5, 5.41) is 17.8. The van der Waals surface area contributed by atoms with E-state index in [0.29, 0.717) is 18.7 Å². The van der Waals surface area contributed by atoms with Gasteiger partial charge in [-0.05, 0) is 12.0 Å². The first-order valence-electron chi connectivity index (χ1n) is 7.34. The Morgan fingerprint density at radius 3 is 3.09 bits per heavy atom. The van der Waals surface area contributed by atoms with Crippen LogP contribution >= 0.6 is 0 Å². The van der Waals surface area contributed by atoms with Crippen LogP contribution in [0.5, 0.6) is 0 Å². The Morgan fingerprint density at radius 1 is 1.45 bits per heavy atom. The molecule has 0 spiro atoms. The second-order valence-corrected chi connectivity index (χ2v) is 5.68. The standard InChI is InChI=1S/C14H16N6O2/c1-2-8-6-19(14(21)22)7-9(8)13-18-17-11-5-16-12-10(20(11)13)3-4-15-12/h3-5,8-9,15H,2,6-7H2,1H3,(H,21,22)/t8-,9+/m1/s1. The van der Waals surface area contributed by atoms with Gasteiger partial charge in [0.1, 0.15) is 5.82 Å². The van der Waals surface area contributed by atoms with Gasteiger partial charge in [-0.25, -0.2) is 9.78 Å². The summed E-state index contributed by atoms with van der Waals surface area (Å²) < 4.78 is 1.98. The summed E-state index contributed by atoms with van der Waals surface area (Å²) in [6.07, 6.45) is 3.55. The van der Waals surface area contributed by atoms with E-state index < -0.39 is 6.09 Å². The number of H-pyrrole nitrogens is 1. The van der Waals surface area contributed by atoms with Crippen molar-refractivity contribution in [1.82, 2.24) is 29.5 Å². The van der Waals surface area contributed by atoms with Crippen LogP contribution in [0.25, 0.3) is 16.8 Å². The Bertz CT molecular complexity index is 853. The minimum atomic E-state index is -0.872. The molecule has 3 aromatic heterocycles. The van der Waals surface area contributed by atoms with E-state index in [1.165, 1.54) is 4.90 Å². The predicted molar refractivity (Wildman–Crippen MR) is 78.8 cm³/mol. The lowest BCUT2D eigenvalue weighted by Crippen LogP contribution is -2.26. The summed E-state index contributed by atoms with van der Waals surface area (Å²) in [6.45, 7) is 3.09. The minimum absolute atomic E-state index is 0.0524. The van der Waals surface area contributed by atoms with Gasteiger partial charge in [0.05, 0.1) is 11.7 Å². The highest BCUT2D eigenvalue weighted by Crippen LogP contribution is 2.34. The van der Waals surface area contributed by atoms with Gasteiger partial charge in [-0.1, -0.05) is 13.3 Å². The maximum atomic E-state index is 11.3. The molecule has 1 aliphatic heterocycles. The second kappa shape index (κ2) is 4.69. The van der Waals surface area contributed by atoms with Crippen molar-refractivity contribution in [3.63, 3.8) is 0 Å². The first kappa shape index (κ1) is 13.1. The van der Waals surface area contributed by atoms with Gasteiger partial charge >= 0.3 is 6.09 Å². The molecule has 0 saturated carbocycles. The second-order valence-electron chi connectivity index (χ2n) is 5.68. The zero-order chi connectivity index (χ0) is 15.3. The molecule has 1 fully saturated rings. The van der Waals surface area contributed by atoms with Crippen molar-refractivity contribution in [2.75, 3.05) is 13.1 Å². The molecule has 22 heavy (non-hydrogen) atoms. The molecule has 1 saturated heterocycles. The lowest BCUT2D eigenvalue weighted by atomic mass is 9.93. The molecule has 8 heteroatoms. The minimum Gasteiger partial charge on any atom is -0.465 e. The molecule has 4 rings (SSSR count). The van der Waals surface area contributed by atoms with E-state index in [4.69, 9.17) is 0 Å². The SMILES string of the molecule is CC[C@@H]1CN(C(=O)O)C[C@@H]1c1nnc2cnc3[nH]ccc3n12. The molecular formula is C14H16N6O2. The van der Waals surface area contributed by atoms with Gasteiger partial charge in [-0.15, -0.1) is 10.2 Å². The van der Waals surface area contributed by atoms with Crippen molar-refractivity contribution in [2.24, 2.45) is 5.92 Å². The molecular weight excluding hydrogens is 284 g/mol. The Labute approximate surface area is 125 Å². The summed E-state index contributed by atoms with van der Waals surface area (Å²) >= 11 is 0. The number of rotatable bonds is 2. The monoisotopic (exact) mass is 300 g/mol. The summed E-state index contributed by atoms with van der Waals surface area (Å²) in [4.78, 5) is 20.1. The number of hydrogen-bond acceptors (Lipinski definition) is 4. The Morgan fingerprint density at radius 2 is 2.32 bits per heavy atom. The van der Waals surface area contributed by atoms with Crippen LogP contribution in [0.1, 0.15) is 25.1 Å². The van der Waals surface area contributed by atoms with E-state index in [1.807, 2.05) is 16.7 Å². The van der Waals surface area contributed by atoms with Crippen LogP contribution in [0.4, 0.5) is 4.79 Å². The smallest absolute Gasteiger partial charge is 0.407 e. The van der Waals surface area contributed by atoms with Crippen LogP contribution in [-0.2, 0) is 0 Å². The Kier molecular flexibility index (Phi) is 2.78. The number of carbonyl (C=O) groups is 1. The summed E-state index contributed by atoms with van der Waals surface area (Å²) in [5.74, 6) is 1.12. The van der Waals surface area contributed by atoms with Gasteiger partial charge in [0.2, 0.25) is 0 Å². The van der Waals surface area contributed by atoms with Gasteiger partial charge in [-0.3, -0.25) is 4.40 Å². The van der Waals surface area contributed by atoms with Crippen LogP contribution in [0.15, 0.2) is 18.5 Å². The van der Waals surface area contributed by atoms with E-state index >= 15 is 0 Å². The highest BCUT2D eigenvalue weighted by atomic mass is 16.4. The normalized spacial score (nSPS) is 22.0. The van der Waals surface area contributed by atoms with Crippen molar-refractivity contribution in [3.8, 4) is 0 Å². The zero-order valence-electron chi connectivity index (χ0n) is 12.1. The van der Waals surface area contributed by atoms with E-state index in [0.717, 1.165) is 23.4 Å². The molecule has 1 amide bonds. The number of carboxylic acid groups (broad SMARTS) is 1. The number of aromatic nitrogens is 5. The maximum Gasteiger partial charge on any atom is 0.407 e. The van der Waals surface area contributed by atoms with Crippen molar-refractivity contribution in [2.45, 2.75) is 19.3 Å². The van der Waals surface area contributed by atoms with E-state index in [2.05, 4.69) is 27.1 Å². The van der Waals surface area contributed by atoms with Gasteiger partial charge in [-0.2, -0.15) is 0 Å². The number of fused-ring (bicyclic) bond motifs is 3. The van der Waals surface area contributed by atoms with Crippen LogP contribution in [0.3, 0.4) is 0 Å². The molecule has 3 aromatic rings. The fraction of sp³-hybridized carbons (Fsp3) is 0.429. The van der Waals surface area contributed by atoms with Crippen molar-refractivity contribution in [3.05, 3.63) is 24.3 Å². The van der Waals surface area contributed by atoms with Crippen molar-refractivity contribution in [1.29, 1.82) is 0 Å². The average molecular weight is 300 g/mol. The third-order valence-electron chi connectivity index (χ3n) is 4.53. The van der Waals surface area contributed by atoms with E-state index in [9.17, 15) is 9.90 Å². The molecule has 0 aromatic carbocycles. The molecule has 0 aliphatic carbocycles. The molecule has 2 N–H and O–H groups in total. The van der Waals surface area contributed by atoms with Gasteiger partial charge in [0.25, 0.3) is 0 Å². The van der Waals surface area contributed by atoms with Gasteiger partial charge in [0, 0.05) is 25.2 Å². The number of nitrogens with one attached hydrogen (secondary N) is 1. The number of likely N-dealkylation sites (tertiary alicyclic amines) is 1. The highest BCUT2D eigenvalue weighted by molar-refractivity contribution is 5.74. The Balaban J connectivity index is 1.86. The van der Waals surface area contributed by atoms with Crippen molar-refractivity contribution < 1.29 is 9.90 Å². The van der Waals surface area contributed by atoms with Crippen molar-refractivity contribution >= 4 is 22.9 Å². The predicted octanol–water partition coefficient (Wildman–Crippen LogP) is 1.71. The lowest BCUT2D eigenvalue weighted by Gasteiger charge is -2.14. The zero-order valence-corrected chi connectivity index (χ0v) is 12.1. The first-order chi connectivity index (χ1) is 10.7. The molecule has 8 nitrogen and oxygen atoms in total. The van der Waals surface area contributed by atoms with E-state index in [1.54, 1.807) is 6.20 Å². The molecule has 0 unspecified atom stereocenters. The number of hydrogen-bond donors (Lipinski definition) is 2. The van der Waals surface area contributed by atoms with Crippen LogP contribution in [-0.4, -0.2) is 53.8 Å². The van der Waals surface area contributed by atoms with Gasteiger partial charge in [0.15, 0.2) is 11.3 Å². The third kappa shape index (κ3) is 1.76. The number of aromatic amines is 1. The molecule has 0 radical (unpaired) electrons.